The standard InChI is InChI=1S/C18H16FN3OS.C13H15N3OS.C12H11N3O3S.2C11H11N3OS.C10H9N3OS/c1-12-3-2-4-16(19)15(12)9-14-10-17(23)22-18(21-14)24-11-13-5-7-20-8-6-13;1-2-3-11-8-12(17)16-13(15-11)18-9-10-4-6-14-7-5-10;1-8-6-11(16)14-12(13-8)19-7-9-2-4-10(5-3-9)15(17)18;2*1-8-6-10(15)14-11(13-8)16-7-9-2-4-12-5-3-9;14-9-3-6-12-10(13-9)15-7-8-1-4-11-5-2-8/h2-8,10H,9,11H2,1H3,(H,21,22,23);4-8H,2-3,9H2,1H3,(H,15,16,17);2-6H,7H2,1H3,(H,13,14,16);2*2-6H,7H2,1H3,(H,13,14,15);1-6H,7H2,(H,12,13,14). The van der Waals surface area contributed by atoms with Crippen molar-refractivity contribution in [3.63, 3.8) is 0 Å². The molecule has 26 nitrogen and oxygen atoms in total. The van der Waals surface area contributed by atoms with E-state index in [0.717, 1.165) is 86.3 Å². The molecule has 13 rings (SSSR count). The van der Waals surface area contributed by atoms with Crippen LogP contribution in [0.15, 0.2) is 267 Å². The summed E-state index contributed by atoms with van der Waals surface area (Å²) < 4.78 is 14.0. The van der Waals surface area contributed by atoms with E-state index in [1.54, 1.807) is 93.2 Å². The lowest BCUT2D eigenvalue weighted by Gasteiger charge is -2.08. The van der Waals surface area contributed by atoms with Crippen molar-refractivity contribution >= 4 is 76.3 Å². The van der Waals surface area contributed by atoms with E-state index in [-0.39, 0.29) is 44.9 Å². The van der Waals surface area contributed by atoms with Crippen LogP contribution in [-0.4, -0.2) is 89.7 Å². The van der Waals surface area contributed by atoms with Crippen LogP contribution in [0.5, 0.6) is 0 Å². The molecule has 0 saturated carbocycles. The van der Waals surface area contributed by atoms with Crippen LogP contribution in [0.3, 0.4) is 0 Å². The number of H-pyrrole nitrogens is 6. The Morgan fingerprint density at radius 2 is 0.685 bits per heavy atom. The second-order valence-corrected chi connectivity index (χ2v) is 28.6. The number of halogens is 1. The highest BCUT2D eigenvalue weighted by molar-refractivity contribution is 7.99. The zero-order chi connectivity index (χ0) is 76.8. The van der Waals surface area contributed by atoms with Gasteiger partial charge in [0.1, 0.15) is 5.82 Å². The summed E-state index contributed by atoms with van der Waals surface area (Å²) in [6.07, 6.45) is 21.1. The molecule has 0 fully saturated rings. The summed E-state index contributed by atoms with van der Waals surface area (Å²) in [6, 6.07) is 39.4. The second kappa shape index (κ2) is 44.8. The van der Waals surface area contributed by atoms with Gasteiger partial charge in [0.25, 0.3) is 39.0 Å². The van der Waals surface area contributed by atoms with Crippen LogP contribution in [0.4, 0.5) is 10.1 Å². The first kappa shape index (κ1) is 82.6. The lowest BCUT2D eigenvalue weighted by molar-refractivity contribution is -0.384. The number of aryl methyl sites for hydroxylation is 5. The minimum atomic E-state index is -0.434. The van der Waals surface area contributed by atoms with Gasteiger partial charge >= 0.3 is 0 Å². The number of nitrogens with one attached hydrogen (secondary N) is 6. The largest absolute Gasteiger partial charge is 0.301 e. The van der Waals surface area contributed by atoms with Crippen molar-refractivity contribution in [2.75, 3.05) is 0 Å². The van der Waals surface area contributed by atoms with Crippen LogP contribution in [0.2, 0.25) is 0 Å². The molecule has 33 heteroatoms. The molecule has 2 aromatic carbocycles. The number of pyridine rings is 5. The number of nitrogens with zero attached hydrogens (tertiary/aromatic N) is 12. The highest BCUT2D eigenvalue weighted by Crippen LogP contribution is 2.25. The quantitative estimate of drug-likeness (QED) is 0.0150. The third-order valence-corrected chi connectivity index (χ3v) is 19.8. The van der Waals surface area contributed by atoms with Gasteiger partial charge in [0.15, 0.2) is 30.9 Å². The molecular weight excluding hydrogens is 1490 g/mol. The number of benzene rings is 2. The number of hydrogen-bond acceptors (Lipinski definition) is 25. The van der Waals surface area contributed by atoms with Crippen LogP contribution in [0.1, 0.15) is 86.3 Å². The van der Waals surface area contributed by atoms with Gasteiger partial charge in [-0.3, -0.25) is 63.8 Å². The number of nitro groups is 1. The van der Waals surface area contributed by atoms with Crippen molar-refractivity contribution in [1.29, 1.82) is 0 Å². The second-order valence-electron chi connectivity index (χ2n) is 22.8. The summed E-state index contributed by atoms with van der Waals surface area (Å²) >= 11 is 8.85. The molecule has 554 valence electrons. The molecule has 0 bridgehead atoms. The van der Waals surface area contributed by atoms with Gasteiger partial charge in [0, 0.05) is 180 Å². The molecule has 108 heavy (non-hydrogen) atoms. The van der Waals surface area contributed by atoms with Crippen LogP contribution < -0.4 is 33.4 Å². The first-order chi connectivity index (χ1) is 52.2. The van der Waals surface area contributed by atoms with Crippen molar-refractivity contribution in [1.82, 2.24) is 84.7 Å². The van der Waals surface area contributed by atoms with Crippen molar-refractivity contribution in [2.24, 2.45) is 0 Å². The first-order valence-corrected chi connectivity index (χ1v) is 38.9. The van der Waals surface area contributed by atoms with Gasteiger partial charge in [-0.25, -0.2) is 34.3 Å². The van der Waals surface area contributed by atoms with Crippen molar-refractivity contribution < 1.29 is 9.31 Å². The number of nitro benzene ring substituents is 1. The number of thioether (sulfide) groups is 6. The summed E-state index contributed by atoms with van der Waals surface area (Å²) in [7, 11) is 0. The fourth-order valence-corrected chi connectivity index (χ4v) is 14.1. The molecule has 0 unspecified atom stereocenters. The highest BCUT2D eigenvalue weighted by atomic mass is 32.2. The van der Waals surface area contributed by atoms with Crippen LogP contribution >= 0.6 is 70.6 Å². The summed E-state index contributed by atoms with van der Waals surface area (Å²) in [5.74, 6) is 4.08. The number of non-ortho nitro benzene ring substituents is 1. The Hall–Kier alpha value is -11.1. The predicted molar refractivity (Wildman–Crippen MR) is 423 cm³/mol. The number of rotatable bonds is 23. The first-order valence-electron chi connectivity index (χ1n) is 32.9. The SMILES string of the molecule is CCCc1cc(=O)[nH]c(SCc2ccncc2)n1.Cc1cc(=O)[nH]c(SCc2ccc([N+](=O)[O-])cc2)n1.Cc1cc(=O)[nH]c(SCc2ccncc2)n1.Cc1cc(=O)[nH]c(SCc2ccncc2)n1.Cc1cccc(F)c1Cc1cc(=O)[nH]c(SCc2ccncc2)n1.O=c1ccnc(SCc2ccncc2)[nH]1. The fraction of sp³-hybridized carbons (Fsp3) is 0.187. The maximum absolute atomic E-state index is 14.0. The van der Waals surface area contributed by atoms with Gasteiger partial charge < -0.3 is 29.9 Å². The average molecular weight is 1570 g/mol. The van der Waals surface area contributed by atoms with Crippen LogP contribution in [-0.2, 0) is 47.4 Å². The fourth-order valence-electron chi connectivity index (χ4n) is 8.95. The summed E-state index contributed by atoms with van der Waals surface area (Å²) in [5.41, 5.74) is 10.9. The van der Waals surface area contributed by atoms with Crippen molar-refractivity contribution in [3.05, 3.63) is 359 Å². The van der Waals surface area contributed by atoms with Crippen LogP contribution in [0.25, 0.3) is 0 Å². The van der Waals surface area contributed by atoms with E-state index in [1.165, 1.54) is 131 Å². The maximum atomic E-state index is 14.0. The van der Waals surface area contributed by atoms with E-state index >= 15 is 0 Å². The van der Waals surface area contributed by atoms with E-state index in [0.29, 0.717) is 65.8 Å². The number of aromatic amines is 6. The number of aromatic nitrogens is 17. The topological polar surface area (TPSA) is 382 Å². The smallest absolute Gasteiger partial charge is 0.269 e. The lowest BCUT2D eigenvalue weighted by Crippen LogP contribution is -2.11. The maximum Gasteiger partial charge on any atom is 0.269 e. The van der Waals surface area contributed by atoms with Gasteiger partial charge in [-0.15, -0.1) is 0 Å². The molecule has 13 aromatic rings. The summed E-state index contributed by atoms with van der Waals surface area (Å²) in [4.78, 5) is 140. The average Bonchev–Trinajstić information content (AvgIpc) is 0.838. The Kier molecular flexibility index (Phi) is 34.2. The van der Waals surface area contributed by atoms with Crippen LogP contribution in [0, 0.1) is 43.6 Å². The number of hydrogen-bond donors (Lipinski definition) is 6. The third kappa shape index (κ3) is 31.1. The molecule has 0 aliphatic rings. The van der Waals surface area contributed by atoms with Gasteiger partial charge in [0.05, 0.1) is 10.6 Å². The summed E-state index contributed by atoms with van der Waals surface area (Å²) in [6.45, 7) is 9.31. The zero-order valence-corrected chi connectivity index (χ0v) is 63.9. The molecule has 0 aliphatic heterocycles. The van der Waals surface area contributed by atoms with Gasteiger partial charge in [-0.05, 0) is 145 Å². The third-order valence-electron chi connectivity index (χ3n) is 14.1. The molecule has 11 heterocycles. The molecule has 0 saturated heterocycles. The van der Waals surface area contributed by atoms with E-state index in [1.807, 2.05) is 87.5 Å². The minimum absolute atomic E-state index is 0.0656. The normalized spacial score (nSPS) is 10.4. The van der Waals surface area contributed by atoms with E-state index in [9.17, 15) is 43.3 Å². The summed E-state index contributed by atoms with van der Waals surface area (Å²) in [5, 5.41) is 14.2. The molecular formula is C75H73FN18O8S6. The highest BCUT2D eigenvalue weighted by Gasteiger charge is 2.12. The van der Waals surface area contributed by atoms with Crippen molar-refractivity contribution in [3.8, 4) is 0 Å². The van der Waals surface area contributed by atoms with Gasteiger partial charge in [-0.2, -0.15) is 0 Å². The Morgan fingerprint density at radius 1 is 0.370 bits per heavy atom. The Bertz CT molecular complexity index is 5210. The Morgan fingerprint density at radius 3 is 1.02 bits per heavy atom. The lowest BCUT2D eigenvalue weighted by atomic mass is 10.0. The van der Waals surface area contributed by atoms with Gasteiger partial charge in [0.2, 0.25) is 0 Å². The zero-order valence-electron chi connectivity index (χ0n) is 59.0. The molecule has 0 radical (unpaired) electrons. The minimum Gasteiger partial charge on any atom is -0.301 e. The molecule has 6 N–H and O–H groups in total. The van der Waals surface area contributed by atoms with Gasteiger partial charge in [-0.1, -0.05) is 108 Å². The molecule has 0 aliphatic carbocycles. The molecule has 11 aromatic heterocycles. The Balaban J connectivity index is 0.000000164. The van der Waals surface area contributed by atoms with E-state index in [4.69, 9.17) is 0 Å². The monoisotopic (exact) mass is 1560 g/mol. The Labute approximate surface area is 644 Å². The molecule has 0 spiro atoms. The molecule has 0 amide bonds. The van der Waals surface area contributed by atoms with E-state index in [2.05, 4.69) is 91.7 Å². The van der Waals surface area contributed by atoms with E-state index < -0.39 is 4.92 Å². The molecule has 0 atom stereocenters. The predicted octanol–water partition coefficient (Wildman–Crippen LogP) is 13.2. The van der Waals surface area contributed by atoms with Crippen molar-refractivity contribution in [2.45, 2.75) is 119 Å².